The molecule has 0 aliphatic carbocycles. The van der Waals surface area contributed by atoms with Crippen LogP contribution in [0.15, 0.2) is 53.3 Å². The fourth-order valence-corrected chi connectivity index (χ4v) is 5.18. The van der Waals surface area contributed by atoms with E-state index in [-0.39, 0.29) is 30.2 Å². The second-order valence-corrected chi connectivity index (χ2v) is 9.04. The summed E-state index contributed by atoms with van der Waals surface area (Å²) in [6.07, 6.45) is 0.862. The molecule has 5 heterocycles. The van der Waals surface area contributed by atoms with Gasteiger partial charge in [-0.05, 0) is 49.0 Å². The maximum atomic E-state index is 12.7. The Hall–Kier alpha value is -3.92. The lowest BCUT2D eigenvalue weighted by Gasteiger charge is -2.35. The maximum Gasteiger partial charge on any atom is 0.416 e. The summed E-state index contributed by atoms with van der Waals surface area (Å²) in [6.45, 7) is 2.82. The number of nitrogens with one attached hydrogen (secondary N) is 1. The van der Waals surface area contributed by atoms with Crippen molar-refractivity contribution in [3.63, 3.8) is 0 Å². The van der Waals surface area contributed by atoms with Crippen molar-refractivity contribution in [1.82, 2.24) is 14.5 Å². The third-order valence-corrected chi connectivity index (χ3v) is 6.85. The largest absolute Gasteiger partial charge is 0.480 e. The minimum Gasteiger partial charge on any atom is -0.480 e. The molecule has 1 aromatic carbocycles. The molecule has 0 spiro atoms. The van der Waals surface area contributed by atoms with E-state index in [1.165, 1.54) is 0 Å². The van der Waals surface area contributed by atoms with Crippen molar-refractivity contribution in [2.45, 2.75) is 31.5 Å². The van der Waals surface area contributed by atoms with Gasteiger partial charge < -0.3 is 19.4 Å². The molecule has 2 unspecified atom stereocenters. The maximum absolute atomic E-state index is 12.7. The number of carbonyl (C=O) groups is 2. The van der Waals surface area contributed by atoms with Gasteiger partial charge in [0.1, 0.15) is 11.9 Å². The molecule has 3 aliphatic rings. The fourth-order valence-electron chi connectivity index (χ4n) is 5.18. The molecule has 2 aromatic heterocycles. The molecule has 2 fully saturated rings. The molecular weight excluding hydrogens is 450 g/mol. The molecule has 0 saturated carbocycles. The van der Waals surface area contributed by atoms with Crippen LogP contribution in [0.5, 0.6) is 5.75 Å². The number of benzene rings is 1. The summed E-state index contributed by atoms with van der Waals surface area (Å²) < 4.78 is 12.9. The molecular formula is C25H25N5O5. The quantitative estimate of drug-likeness (QED) is 0.603. The number of likely N-dealkylation sites (tertiary alicyclic amines) is 1. The van der Waals surface area contributed by atoms with E-state index in [0.717, 1.165) is 36.8 Å². The van der Waals surface area contributed by atoms with Crippen molar-refractivity contribution in [2.24, 2.45) is 0 Å². The third kappa shape index (κ3) is 3.99. The van der Waals surface area contributed by atoms with E-state index in [2.05, 4.69) is 15.2 Å². The Morgan fingerprint density at radius 2 is 1.91 bits per heavy atom. The first-order valence-corrected chi connectivity index (χ1v) is 11.8. The predicted molar refractivity (Wildman–Crippen MR) is 129 cm³/mol. The van der Waals surface area contributed by atoms with Crippen molar-refractivity contribution >= 4 is 34.5 Å². The van der Waals surface area contributed by atoms with Crippen molar-refractivity contribution in [1.29, 1.82) is 0 Å². The minimum absolute atomic E-state index is 0.00177. The summed E-state index contributed by atoms with van der Waals surface area (Å²) >= 11 is 0. The van der Waals surface area contributed by atoms with Crippen molar-refractivity contribution in [3.8, 4) is 5.75 Å². The van der Waals surface area contributed by atoms with Crippen LogP contribution >= 0.6 is 0 Å². The smallest absolute Gasteiger partial charge is 0.416 e. The molecule has 2 atom stereocenters. The molecule has 0 radical (unpaired) electrons. The number of carbonyl (C=O) groups excluding carboxylic acids is 2. The second-order valence-electron chi connectivity index (χ2n) is 9.04. The minimum atomic E-state index is -0.431. The van der Waals surface area contributed by atoms with Crippen LogP contribution in [0.1, 0.15) is 12.8 Å². The standard InChI is InChI=1S/C25H25N5O5/c31-22-15-34-19-7-8-21(26-24(19)27-22)30-18-10-13-28(14-20(18)35-25(30)33)11-3-12-29-17-5-2-1-4-16(17)6-9-23(29)32/h1-2,4-9,18,20H,3,10-15H2,(H,26,27,31). The first-order valence-electron chi connectivity index (χ1n) is 11.8. The average molecular weight is 476 g/mol. The molecule has 2 amide bonds. The SMILES string of the molecule is O=C1COc2ccc(N3C(=O)OC4CN(CCCn5c(=O)ccc6ccccc65)CCC43)nc2N1. The Labute approximate surface area is 201 Å². The van der Waals surface area contributed by atoms with E-state index in [1.54, 1.807) is 23.1 Å². The summed E-state index contributed by atoms with van der Waals surface area (Å²) in [5.74, 6) is 0.965. The number of ether oxygens (including phenoxy) is 2. The normalized spacial score (nSPS) is 21.8. The van der Waals surface area contributed by atoms with Crippen molar-refractivity contribution in [2.75, 3.05) is 36.5 Å². The molecule has 0 bridgehead atoms. The molecule has 10 heteroatoms. The molecule has 180 valence electrons. The lowest BCUT2D eigenvalue weighted by atomic mass is 10.0. The number of para-hydroxylation sites is 1. The van der Waals surface area contributed by atoms with E-state index >= 15 is 0 Å². The average Bonchev–Trinajstić information content (AvgIpc) is 3.19. The van der Waals surface area contributed by atoms with Gasteiger partial charge in [0, 0.05) is 25.7 Å². The van der Waals surface area contributed by atoms with Crippen LogP contribution in [-0.4, -0.2) is 64.8 Å². The third-order valence-electron chi connectivity index (χ3n) is 6.85. The van der Waals surface area contributed by atoms with Gasteiger partial charge >= 0.3 is 6.09 Å². The van der Waals surface area contributed by atoms with E-state index in [4.69, 9.17) is 9.47 Å². The van der Waals surface area contributed by atoms with Gasteiger partial charge in [-0.1, -0.05) is 18.2 Å². The van der Waals surface area contributed by atoms with Crippen LogP contribution in [0.4, 0.5) is 16.4 Å². The lowest BCUT2D eigenvalue weighted by molar-refractivity contribution is -0.118. The van der Waals surface area contributed by atoms with Gasteiger partial charge in [0.2, 0.25) is 0 Å². The number of piperidine rings is 1. The monoisotopic (exact) mass is 475 g/mol. The summed E-state index contributed by atoms with van der Waals surface area (Å²) in [7, 11) is 0. The highest BCUT2D eigenvalue weighted by Crippen LogP contribution is 2.34. The van der Waals surface area contributed by atoms with Gasteiger partial charge in [-0.15, -0.1) is 0 Å². The Balaban J connectivity index is 1.10. The van der Waals surface area contributed by atoms with Crippen LogP contribution < -0.4 is 20.5 Å². The Morgan fingerprint density at radius 3 is 2.83 bits per heavy atom. The van der Waals surface area contributed by atoms with Crippen LogP contribution in [0.3, 0.4) is 0 Å². The number of amides is 2. The summed E-state index contributed by atoms with van der Waals surface area (Å²) in [5, 5.41) is 3.73. The zero-order valence-corrected chi connectivity index (χ0v) is 19.1. The number of fused-ring (bicyclic) bond motifs is 3. The van der Waals surface area contributed by atoms with Crippen LogP contribution in [0, 0.1) is 0 Å². The molecule has 35 heavy (non-hydrogen) atoms. The van der Waals surface area contributed by atoms with Gasteiger partial charge in [0.15, 0.2) is 18.2 Å². The number of aromatic nitrogens is 2. The van der Waals surface area contributed by atoms with Crippen molar-refractivity contribution in [3.05, 3.63) is 58.9 Å². The predicted octanol–water partition coefficient (Wildman–Crippen LogP) is 2.22. The van der Waals surface area contributed by atoms with Crippen molar-refractivity contribution < 1.29 is 19.1 Å². The van der Waals surface area contributed by atoms with Gasteiger partial charge in [-0.2, -0.15) is 0 Å². The molecule has 1 N–H and O–H groups in total. The Bertz CT molecular complexity index is 1370. The number of aryl methyl sites for hydroxylation is 1. The highest BCUT2D eigenvalue weighted by Gasteiger charge is 2.46. The molecule has 10 nitrogen and oxygen atoms in total. The second kappa shape index (κ2) is 8.70. The fraction of sp³-hybridized carbons (Fsp3) is 0.360. The number of hydrogen-bond donors (Lipinski definition) is 1. The summed E-state index contributed by atoms with van der Waals surface area (Å²) in [4.78, 5) is 45.1. The molecule has 2 saturated heterocycles. The number of anilines is 2. The van der Waals surface area contributed by atoms with Gasteiger partial charge in [-0.25, -0.2) is 9.78 Å². The first kappa shape index (κ1) is 21.6. The van der Waals surface area contributed by atoms with Gasteiger partial charge in [-0.3, -0.25) is 19.4 Å². The highest BCUT2D eigenvalue weighted by molar-refractivity contribution is 5.95. The molecule has 3 aromatic rings. The molecule has 3 aliphatic heterocycles. The zero-order valence-electron chi connectivity index (χ0n) is 19.1. The van der Waals surface area contributed by atoms with E-state index in [1.807, 2.05) is 34.9 Å². The number of rotatable bonds is 5. The number of pyridine rings is 2. The lowest BCUT2D eigenvalue weighted by Crippen LogP contribution is -2.49. The van der Waals surface area contributed by atoms with Crippen LogP contribution in [-0.2, 0) is 16.1 Å². The number of nitrogens with zero attached hydrogens (tertiary/aromatic N) is 4. The summed E-state index contributed by atoms with van der Waals surface area (Å²) in [6, 6.07) is 14.7. The van der Waals surface area contributed by atoms with Crippen LogP contribution in [0.25, 0.3) is 10.9 Å². The number of hydrogen-bond acceptors (Lipinski definition) is 7. The highest BCUT2D eigenvalue weighted by atomic mass is 16.6. The Kier molecular flexibility index (Phi) is 5.37. The van der Waals surface area contributed by atoms with E-state index in [0.29, 0.717) is 30.5 Å². The topological polar surface area (TPSA) is 106 Å². The van der Waals surface area contributed by atoms with Gasteiger partial charge in [0.25, 0.3) is 11.5 Å². The van der Waals surface area contributed by atoms with Crippen LogP contribution in [0.2, 0.25) is 0 Å². The zero-order chi connectivity index (χ0) is 23.9. The Morgan fingerprint density at radius 1 is 1.03 bits per heavy atom. The van der Waals surface area contributed by atoms with E-state index in [9.17, 15) is 14.4 Å². The molecule has 6 rings (SSSR count). The first-order chi connectivity index (χ1) is 17.1. The van der Waals surface area contributed by atoms with Gasteiger partial charge in [0.05, 0.1) is 11.6 Å². The van der Waals surface area contributed by atoms with E-state index < -0.39 is 6.09 Å². The summed E-state index contributed by atoms with van der Waals surface area (Å²) in [5.41, 5.74) is 0.945.